The van der Waals surface area contributed by atoms with Crippen LogP contribution in [0.5, 0.6) is 0 Å². The molecule has 0 amide bonds. The molecule has 29 heavy (non-hydrogen) atoms. The molecule has 3 aromatic rings. The lowest BCUT2D eigenvalue weighted by Crippen LogP contribution is -2.44. The smallest absolute Gasteiger partial charge is 0.310 e. The van der Waals surface area contributed by atoms with Gasteiger partial charge in [0.25, 0.3) is 0 Å². The summed E-state index contributed by atoms with van der Waals surface area (Å²) in [7, 11) is 1.44. The Kier molecular flexibility index (Phi) is 5.61. The van der Waals surface area contributed by atoms with Crippen molar-refractivity contribution in [3.05, 3.63) is 52.8 Å². The van der Waals surface area contributed by atoms with Crippen LogP contribution in [0.3, 0.4) is 0 Å². The van der Waals surface area contributed by atoms with Crippen LogP contribution in [-0.4, -0.2) is 36.1 Å². The van der Waals surface area contributed by atoms with Gasteiger partial charge in [0.05, 0.1) is 34.0 Å². The quantitative estimate of drug-likeness (QED) is 0.532. The van der Waals surface area contributed by atoms with Crippen LogP contribution in [-0.2, 0) is 9.53 Å². The Morgan fingerprint density at radius 2 is 2.00 bits per heavy atom. The summed E-state index contributed by atoms with van der Waals surface area (Å²) >= 11 is 12.4. The molecule has 0 spiro atoms. The summed E-state index contributed by atoms with van der Waals surface area (Å²) in [5.41, 5.74) is 2.76. The topological polar surface area (TPSA) is 55.3 Å². The normalized spacial score (nSPS) is 19.4. The summed E-state index contributed by atoms with van der Waals surface area (Å²) in [6, 6.07) is 11.5. The summed E-state index contributed by atoms with van der Waals surface area (Å²) in [6.07, 6.45) is 2.46. The number of benzene rings is 2. The minimum Gasteiger partial charge on any atom is -0.469 e. The molecule has 2 aromatic carbocycles. The first-order valence-electron chi connectivity index (χ1n) is 9.51. The lowest BCUT2D eigenvalue weighted by Gasteiger charge is -2.36. The van der Waals surface area contributed by atoms with E-state index in [1.54, 1.807) is 12.4 Å². The van der Waals surface area contributed by atoms with Gasteiger partial charge in [0.1, 0.15) is 12.1 Å². The lowest BCUT2D eigenvalue weighted by atomic mass is 9.87. The molecule has 2 heterocycles. The summed E-state index contributed by atoms with van der Waals surface area (Å²) in [5.74, 6) is 0.722. The van der Waals surface area contributed by atoms with E-state index in [4.69, 9.17) is 27.9 Å². The first-order chi connectivity index (χ1) is 14.0. The van der Waals surface area contributed by atoms with Gasteiger partial charge in [-0.3, -0.25) is 4.79 Å². The molecule has 0 radical (unpaired) electrons. The van der Waals surface area contributed by atoms with Crippen molar-refractivity contribution < 1.29 is 9.53 Å². The van der Waals surface area contributed by atoms with E-state index >= 15 is 0 Å². The molecule has 7 heteroatoms. The highest BCUT2D eigenvalue weighted by Crippen LogP contribution is 2.37. The zero-order chi connectivity index (χ0) is 20.5. The highest BCUT2D eigenvalue weighted by Gasteiger charge is 2.33. The third-order valence-electron chi connectivity index (χ3n) is 5.64. The second kappa shape index (κ2) is 8.17. The summed E-state index contributed by atoms with van der Waals surface area (Å²) in [6.45, 7) is 3.48. The number of fused-ring (bicyclic) bond motifs is 1. The molecule has 1 fully saturated rings. The number of ether oxygens (including phenoxy) is 1. The monoisotopic (exact) mass is 429 g/mol. The van der Waals surface area contributed by atoms with Crippen molar-refractivity contribution in [2.75, 3.05) is 25.1 Å². The van der Waals surface area contributed by atoms with Crippen molar-refractivity contribution in [2.45, 2.75) is 13.3 Å². The highest BCUT2D eigenvalue weighted by molar-refractivity contribution is 6.42. The number of esters is 1. The van der Waals surface area contributed by atoms with E-state index in [0.29, 0.717) is 16.6 Å². The molecule has 0 bridgehead atoms. The molecule has 2 unspecified atom stereocenters. The average Bonchev–Trinajstić information content (AvgIpc) is 2.74. The van der Waals surface area contributed by atoms with Crippen LogP contribution in [0.15, 0.2) is 42.7 Å². The number of piperidine rings is 1. The molecule has 0 N–H and O–H groups in total. The van der Waals surface area contributed by atoms with Crippen molar-refractivity contribution in [1.29, 1.82) is 0 Å². The van der Waals surface area contributed by atoms with Gasteiger partial charge < -0.3 is 9.64 Å². The molecule has 1 aromatic heterocycles. The molecule has 2 atom stereocenters. The first-order valence-corrected chi connectivity index (χ1v) is 10.3. The third kappa shape index (κ3) is 3.77. The van der Waals surface area contributed by atoms with E-state index in [9.17, 15) is 4.79 Å². The van der Waals surface area contributed by atoms with E-state index in [1.165, 1.54) is 7.11 Å². The van der Waals surface area contributed by atoms with Gasteiger partial charge in [-0.05, 0) is 41.7 Å². The van der Waals surface area contributed by atoms with E-state index in [-0.39, 0.29) is 17.8 Å². The Bertz CT molecular complexity index is 1070. The van der Waals surface area contributed by atoms with Crippen molar-refractivity contribution >= 4 is 45.9 Å². The Morgan fingerprint density at radius 3 is 2.76 bits per heavy atom. The van der Waals surface area contributed by atoms with Crippen LogP contribution < -0.4 is 4.90 Å². The number of methoxy groups -OCH3 is 1. The van der Waals surface area contributed by atoms with Crippen LogP contribution in [0.1, 0.15) is 13.3 Å². The van der Waals surface area contributed by atoms with Gasteiger partial charge >= 0.3 is 5.97 Å². The maximum atomic E-state index is 12.3. The molecular formula is C22H21Cl2N3O2. The van der Waals surface area contributed by atoms with E-state index in [0.717, 1.165) is 40.8 Å². The number of carbonyl (C=O) groups is 1. The number of hydrogen-bond acceptors (Lipinski definition) is 5. The third-order valence-corrected chi connectivity index (χ3v) is 6.37. The largest absolute Gasteiger partial charge is 0.469 e. The number of carbonyl (C=O) groups excluding carboxylic acids is 1. The SMILES string of the molecule is COC(=O)C1CN(c2ncnc3cccc(-c4ccc(Cl)c(Cl)c4)c23)CCC1C. The number of hydrogen-bond donors (Lipinski definition) is 0. The maximum Gasteiger partial charge on any atom is 0.310 e. The zero-order valence-electron chi connectivity index (χ0n) is 16.2. The number of aromatic nitrogens is 2. The minimum atomic E-state index is -0.184. The van der Waals surface area contributed by atoms with Gasteiger partial charge in [-0.15, -0.1) is 0 Å². The van der Waals surface area contributed by atoms with Crippen LogP contribution in [0.25, 0.3) is 22.0 Å². The summed E-state index contributed by atoms with van der Waals surface area (Å²) < 4.78 is 5.02. The number of halogens is 2. The standard InChI is InChI=1S/C22H21Cl2N3O2/c1-13-8-9-27(11-16(13)22(28)29-2)21-20-15(4-3-5-19(20)25-12-26-21)14-6-7-17(23)18(24)10-14/h3-7,10,12-13,16H,8-9,11H2,1-2H3. The van der Waals surface area contributed by atoms with Crippen LogP contribution in [0.4, 0.5) is 5.82 Å². The fourth-order valence-electron chi connectivity index (χ4n) is 3.96. The maximum absolute atomic E-state index is 12.3. The number of rotatable bonds is 3. The Balaban J connectivity index is 1.83. The number of anilines is 1. The Morgan fingerprint density at radius 1 is 1.17 bits per heavy atom. The molecular weight excluding hydrogens is 409 g/mol. The second-order valence-electron chi connectivity index (χ2n) is 7.37. The van der Waals surface area contributed by atoms with E-state index in [1.807, 2.05) is 30.3 Å². The molecule has 5 nitrogen and oxygen atoms in total. The van der Waals surface area contributed by atoms with Crippen molar-refractivity contribution in [3.63, 3.8) is 0 Å². The van der Waals surface area contributed by atoms with Gasteiger partial charge in [0.15, 0.2) is 0 Å². The van der Waals surface area contributed by atoms with Crippen molar-refractivity contribution in [2.24, 2.45) is 11.8 Å². The fourth-order valence-corrected chi connectivity index (χ4v) is 4.26. The van der Waals surface area contributed by atoms with Crippen molar-refractivity contribution in [3.8, 4) is 11.1 Å². The lowest BCUT2D eigenvalue weighted by molar-refractivity contribution is -0.147. The molecule has 0 aliphatic carbocycles. The van der Waals surface area contributed by atoms with Gasteiger partial charge in [0.2, 0.25) is 0 Å². The molecule has 150 valence electrons. The summed E-state index contributed by atoms with van der Waals surface area (Å²) in [4.78, 5) is 23.5. The second-order valence-corrected chi connectivity index (χ2v) is 8.18. The Hall–Kier alpha value is -2.37. The molecule has 1 aliphatic heterocycles. The molecule has 0 saturated carbocycles. The minimum absolute atomic E-state index is 0.176. The molecule has 1 saturated heterocycles. The fraction of sp³-hybridized carbons (Fsp3) is 0.318. The van der Waals surface area contributed by atoms with Crippen LogP contribution >= 0.6 is 23.2 Å². The van der Waals surface area contributed by atoms with Crippen LogP contribution in [0, 0.1) is 11.8 Å². The van der Waals surface area contributed by atoms with Gasteiger partial charge in [-0.25, -0.2) is 9.97 Å². The average molecular weight is 430 g/mol. The molecule has 1 aliphatic rings. The first kappa shape index (κ1) is 19.9. The highest BCUT2D eigenvalue weighted by atomic mass is 35.5. The Labute approximate surface area is 179 Å². The zero-order valence-corrected chi connectivity index (χ0v) is 17.7. The van der Waals surface area contributed by atoms with Gasteiger partial charge in [0, 0.05) is 13.1 Å². The molecule has 4 rings (SSSR count). The summed E-state index contributed by atoms with van der Waals surface area (Å²) in [5, 5.41) is 1.95. The van der Waals surface area contributed by atoms with Gasteiger partial charge in [-0.2, -0.15) is 0 Å². The van der Waals surface area contributed by atoms with E-state index in [2.05, 4.69) is 21.8 Å². The van der Waals surface area contributed by atoms with Crippen LogP contribution in [0.2, 0.25) is 10.0 Å². The van der Waals surface area contributed by atoms with E-state index < -0.39 is 0 Å². The van der Waals surface area contributed by atoms with Crippen molar-refractivity contribution in [1.82, 2.24) is 9.97 Å². The van der Waals surface area contributed by atoms with Gasteiger partial charge in [-0.1, -0.05) is 48.3 Å². The predicted molar refractivity (Wildman–Crippen MR) is 116 cm³/mol. The number of nitrogens with zero attached hydrogens (tertiary/aromatic N) is 3. The predicted octanol–water partition coefficient (Wildman–Crippen LogP) is 5.24.